The molecule has 3 aliphatic rings. The Bertz CT molecular complexity index is 1180. The fourth-order valence-electron chi connectivity index (χ4n) is 6.10. The van der Waals surface area contributed by atoms with Crippen molar-refractivity contribution < 1.29 is 23.5 Å². The molecule has 3 amide bonds. The van der Waals surface area contributed by atoms with Crippen molar-refractivity contribution in [2.45, 2.75) is 63.5 Å². The van der Waals surface area contributed by atoms with Crippen LogP contribution in [0.1, 0.15) is 63.5 Å². The number of hydrogen-bond acceptors (Lipinski definition) is 6. The van der Waals surface area contributed by atoms with Gasteiger partial charge in [0.05, 0.1) is 23.7 Å². The van der Waals surface area contributed by atoms with Crippen molar-refractivity contribution in [2.24, 2.45) is 13.0 Å². The number of piperidine rings is 3. The summed E-state index contributed by atoms with van der Waals surface area (Å²) in [7, 11) is 1.86. The largest absolute Gasteiger partial charge is 0.450 e. The van der Waals surface area contributed by atoms with Crippen molar-refractivity contribution >= 4 is 34.5 Å². The molecule has 1 aromatic carbocycles. The number of benzene rings is 1. The number of aryl methyl sites for hydroxylation is 1. The van der Waals surface area contributed by atoms with Gasteiger partial charge in [-0.05, 0) is 69.6 Å². The molecular weight excluding hydrogens is 477 g/mol. The second-order valence-corrected chi connectivity index (χ2v) is 10.7. The molecule has 5 rings (SSSR count). The molecule has 0 saturated carbocycles. The second-order valence-electron chi connectivity index (χ2n) is 10.7. The number of imide groups is 1. The highest BCUT2D eigenvalue weighted by Crippen LogP contribution is 2.39. The fourth-order valence-corrected chi connectivity index (χ4v) is 6.10. The predicted molar refractivity (Wildman–Crippen MR) is 137 cm³/mol. The zero-order valence-corrected chi connectivity index (χ0v) is 21.7. The summed E-state index contributed by atoms with van der Waals surface area (Å²) in [6.45, 7) is 4.73. The Labute approximate surface area is 216 Å². The van der Waals surface area contributed by atoms with Gasteiger partial charge >= 0.3 is 6.09 Å². The SMILES string of the molecule is CCOC(=O)N1CCC(CC2(F)CCN(c3ccc4c(C5CCC(=O)NC5=O)nn(C)c4c3)CC2)CC1. The Hall–Kier alpha value is -3.17. The van der Waals surface area contributed by atoms with Crippen LogP contribution in [0.2, 0.25) is 0 Å². The molecule has 3 fully saturated rings. The van der Waals surface area contributed by atoms with Crippen LogP contribution in [0.25, 0.3) is 10.9 Å². The van der Waals surface area contributed by atoms with Crippen LogP contribution in [-0.2, 0) is 21.4 Å². The number of halogens is 1. The second kappa shape index (κ2) is 10.3. The first kappa shape index (κ1) is 25.5. The number of likely N-dealkylation sites (tertiary alicyclic amines) is 1. The Morgan fingerprint density at radius 3 is 2.57 bits per heavy atom. The van der Waals surface area contributed by atoms with E-state index in [1.54, 1.807) is 16.5 Å². The molecule has 200 valence electrons. The van der Waals surface area contributed by atoms with E-state index in [0.29, 0.717) is 76.5 Å². The van der Waals surface area contributed by atoms with Gasteiger partial charge in [-0.1, -0.05) is 0 Å². The van der Waals surface area contributed by atoms with Gasteiger partial charge in [0.2, 0.25) is 11.8 Å². The number of anilines is 1. The molecule has 0 bridgehead atoms. The van der Waals surface area contributed by atoms with E-state index in [-0.39, 0.29) is 17.9 Å². The minimum atomic E-state index is -1.18. The van der Waals surface area contributed by atoms with E-state index in [9.17, 15) is 14.4 Å². The van der Waals surface area contributed by atoms with E-state index >= 15 is 4.39 Å². The Kier molecular flexibility index (Phi) is 7.09. The van der Waals surface area contributed by atoms with Crippen LogP contribution in [0.4, 0.5) is 14.9 Å². The number of carbonyl (C=O) groups is 3. The summed E-state index contributed by atoms with van der Waals surface area (Å²) in [5, 5.41) is 7.95. The standard InChI is InChI=1S/C27H36FN5O4/c1-3-37-26(36)33-12-8-18(9-13-33)17-27(28)10-14-32(15-11-27)19-4-5-20-22(16-19)31(2)30-24(20)21-6-7-23(34)29-25(21)35/h4-5,16,18,21H,3,6-15,17H2,1-2H3,(H,29,34,35). The monoisotopic (exact) mass is 513 g/mol. The number of aromatic nitrogens is 2. The number of amides is 3. The van der Waals surface area contributed by atoms with Gasteiger partial charge in [-0.3, -0.25) is 19.6 Å². The molecule has 37 heavy (non-hydrogen) atoms. The summed E-state index contributed by atoms with van der Waals surface area (Å²) >= 11 is 0. The first-order chi connectivity index (χ1) is 17.8. The lowest BCUT2D eigenvalue weighted by atomic mass is 9.80. The van der Waals surface area contributed by atoms with Crippen molar-refractivity contribution in [1.82, 2.24) is 20.0 Å². The van der Waals surface area contributed by atoms with Gasteiger partial charge in [-0.2, -0.15) is 5.10 Å². The number of hydrogen-bond donors (Lipinski definition) is 1. The summed E-state index contributed by atoms with van der Waals surface area (Å²) < 4.78 is 22.7. The topological polar surface area (TPSA) is 96.8 Å². The van der Waals surface area contributed by atoms with E-state index in [2.05, 4.69) is 21.4 Å². The zero-order chi connectivity index (χ0) is 26.2. The van der Waals surface area contributed by atoms with E-state index < -0.39 is 11.6 Å². The Morgan fingerprint density at radius 2 is 1.89 bits per heavy atom. The van der Waals surface area contributed by atoms with Crippen molar-refractivity contribution in [3.63, 3.8) is 0 Å². The average molecular weight is 514 g/mol. The molecule has 0 radical (unpaired) electrons. The third kappa shape index (κ3) is 5.29. The van der Waals surface area contributed by atoms with Gasteiger partial charge in [0.15, 0.2) is 0 Å². The maximum atomic E-state index is 15.8. The molecule has 0 aliphatic carbocycles. The quantitative estimate of drug-likeness (QED) is 0.613. The molecule has 3 aliphatic heterocycles. The van der Waals surface area contributed by atoms with Crippen LogP contribution >= 0.6 is 0 Å². The minimum Gasteiger partial charge on any atom is -0.450 e. The molecule has 10 heteroatoms. The van der Waals surface area contributed by atoms with Crippen LogP contribution in [0, 0.1) is 5.92 Å². The predicted octanol–water partition coefficient (Wildman–Crippen LogP) is 3.66. The number of nitrogens with one attached hydrogen (secondary N) is 1. The first-order valence-corrected chi connectivity index (χ1v) is 13.4. The van der Waals surface area contributed by atoms with Gasteiger partial charge in [0.1, 0.15) is 5.67 Å². The van der Waals surface area contributed by atoms with Crippen LogP contribution in [-0.4, -0.2) is 71.0 Å². The molecule has 1 N–H and O–H groups in total. The van der Waals surface area contributed by atoms with Crippen LogP contribution in [0.5, 0.6) is 0 Å². The smallest absolute Gasteiger partial charge is 0.409 e. The molecule has 4 heterocycles. The summed E-state index contributed by atoms with van der Waals surface area (Å²) in [5.74, 6) is -0.667. The van der Waals surface area contributed by atoms with Crippen LogP contribution in [0.15, 0.2) is 18.2 Å². The third-order valence-corrected chi connectivity index (χ3v) is 8.25. The normalized spacial score (nSPS) is 22.8. The molecule has 2 aromatic rings. The number of rotatable bonds is 5. The van der Waals surface area contributed by atoms with Gasteiger partial charge in [0, 0.05) is 50.7 Å². The van der Waals surface area contributed by atoms with E-state index in [0.717, 1.165) is 29.4 Å². The third-order valence-electron chi connectivity index (χ3n) is 8.25. The molecule has 9 nitrogen and oxygen atoms in total. The summed E-state index contributed by atoms with van der Waals surface area (Å²) in [6.07, 6.45) is 3.67. The lowest BCUT2D eigenvalue weighted by Gasteiger charge is -2.41. The van der Waals surface area contributed by atoms with Crippen molar-refractivity contribution in [1.29, 1.82) is 0 Å². The summed E-state index contributed by atoms with van der Waals surface area (Å²) in [6, 6.07) is 6.08. The maximum absolute atomic E-state index is 15.8. The molecule has 3 saturated heterocycles. The highest BCUT2D eigenvalue weighted by atomic mass is 19.1. The number of ether oxygens (including phenoxy) is 1. The number of nitrogens with zero attached hydrogens (tertiary/aromatic N) is 4. The van der Waals surface area contributed by atoms with E-state index in [1.165, 1.54) is 0 Å². The summed E-state index contributed by atoms with van der Waals surface area (Å²) in [4.78, 5) is 39.8. The molecule has 1 aromatic heterocycles. The molecular formula is C27H36FN5O4. The van der Waals surface area contributed by atoms with Crippen molar-refractivity contribution in [2.75, 3.05) is 37.7 Å². The van der Waals surface area contributed by atoms with Gasteiger partial charge in [-0.15, -0.1) is 0 Å². The first-order valence-electron chi connectivity index (χ1n) is 13.4. The highest BCUT2D eigenvalue weighted by molar-refractivity contribution is 6.02. The fraction of sp³-hybridized carbons (Fsp3) is 0.630. The molecule has 1 atom stereocenters. The number of carbonyl (C=O) groups excluding carboxylic acids is 3. The Balaban J connectivity index is 1.20. The number of alkyl halides is 1. The van der Waals surface area contributed by atoms with Crippen molar-refractivity contribution in [3.05, 3.63) is 23.9 Å². The van der Waals surface area contributed by atoms with E-state index in [1.807, 2.05) is 19.2 Å². The maximum Gasteiger partial charge on any atom is 0.409 e. The average Bonchev–Trinajstić information content (AvgIpc) is 3.20. The molecule has 0 spiro atoms. The lowest BCUT2D eigenvalue weighted by molar-refractivity contribution is -0.134. The highest BCUT2D eigenvalue weighted by Gasteiger charge is 2.38. The van der Waals surface area contributed by atoms with Crippen molar-refractivity contribution in [3.8, 4) is 0 Å². The number of fused-ring (bicyclic) bond motifs is 1. The van der Waals surface area contributed by atoms with Crippen LogP contribution < -0.4 is 10.2 Å². The van der Waals surface area contributed by atoms with Crippen LogP contribution in [0.3, 0.4) is 0 Å². The zero-order valence-electron chi connectivity index (χ0n) is 21.7. The Morgan fingerprint density at radius 1 is 1.16 bits per heavy atom. The molecule has 1 unspecified atom stereocenters. The van der Waals surface area contributed by atoms with E-state index in [4.69, 9.17) is 4.74 Å². The summed E-state index contributed by atoms with van der Waals surface area (Å²) in [5.41, 5.74) is 1.46. The minimum absolute atomic E-state index is 0.236. The van der Waals surface area contributed by atoms with Gasteiger partial charge < -0.3 is 14.5 Å². The van der Waals surface area contributed by atoms with Gasteiger partial charge in [0.25, 0.3) is 0 Å². The van der Waals surface area contributed by atoms with Gasteiger partial charge in [-0.25, -0.2) is 9.18 Å². The lowest BCUT2D eigenvalue weighted by Crippen LogP contribution is -2.45.